The van der Waals surface area contributed by atoms with Gasteiger partial charge in [0.05, 0.1) is 12.0 Å². The second-order valence-electron chi connectivity index (χ2n) is 5.92. The van der Waals surface area contributed by atoms with Crippen LogP contribution in [0.3, 0.4) is 0 Å². The molecular weight excluding hydrogens is 256 g/mol. The van der Waals surface area contributed by atoms with E-state index in [4.69, 9.17) is 0 Å². The van der Waals surface area contributed by atoms with Crippen LogP contribution in [0.5, 0.6) is 0 Å². The molecule has 0 aromatic carbocycles. The number of aromatic nitrogens is 1. The molecule has 1 aromatic rings. The van der Waals surface area contributed by atoms with Gasteiger partial charge in [0.25, 0.3) is 0 Å². The third kappa shape index (κ3) is 2.48. The number of nitrogens with zero attached hydrogens (tertiary/aromatic N) is 2. The molecule has 1 saturated carbocycles. The molecule has 0 spiro atoms. The number of aryl methyl sites for hydroxylation is 1. The molecule has 1 aliphatic heterocycles. The Bertz CT molecular complexity index is 456. The summed E-state index contributed by atoms with van der Waals surface area (Å²) in [6.07, 6.45) is 7.59. The highest BCUT2D eigenvalue weighted by Crippen LogP contribution is 2.39. The lowest BCUT2D eigenvalue weighted by Gasteiger charge is -2.37. The molecular formula is C15H22N2OS. The third-order valence-corrected chi connectivity index (χ3v) is 5.61. The lowest BCUT2D eigenvalue weighted by atomic mass is 9.88. The first-order valence-electron chi connectivity index (χ1n) is 7.40. The van der Waals surface area contributed by atoms with Gasteiger partial charge in [-0.05, 0) is 45.7 Å². The van der Waals surface area contributed by atoms with Gasteiger partial charge >= 0.3 is 0 Å². The van der Waals surface area contributed by atoms with Gasteiger partial charge in [0.15, 0.2) is 5.78 Å². The molecule has 2 fully saturated rings. The summed E-state index contributed by atoms with van der Waals surface area (Å²) < 4.78 is 0. The van der Waals surface area contributed by atoms with E-state index in [1.807, 2.05) is 12.3 Å². The van der Waals surface area contributed by atoms with Crippen molar-refractivity contribution in [1.29, 1.82) is 0 Å². The molecule has 0 N–H and O–H groups in total. The Kier molecular flexibility index (Phi) is 3.72. The number of hydrogen-bond donors (Lipinski definition) is 0. The lowest BCUT2D eigenvalue weighted by Crippen LogP contribution is -2.52. The van der Waals surface area contributed by atoms with Crippen molar-refractivity contribution in [2.75, 3.05) is 13.1 Å². The smallest absolute Gasteiger partial charge is 0.159 e. The Labute approximate surface area is 119 Å². The Morgan fingerprint density at radius 2 is 2.00 bits per heavy atom. The van der Waals surface area contributed by atoms with Crippen LogP contribution in [0.25, 0.3) is 0 Å². The zero-order valence-corrected chi connectivity index (χ0v) is 12.5. The van der Waals surface area contributed by atoms with E-state index in [1.54, 1.807) is 11.3 Å². The van der Waals surface area contributed by atoms with Crippen LogP contribution in [0.1, 0.15) is 49.2 Å². The number of carbonyl (C=O) groups is 1. The van der Waals surface area contributed by atoms with Gasteiger partial charge in [0.1, 0.15) is 5.01 Å². The van der Waals surface area contributed by atoms with Crippen molar-refractivity contribution in [2.45, 2.75) is 57.4 Å². The van der Waals surface area contributed by atoms with Crippen LogP contribution in [0.15, 0.2) is 5.38 Å². The Morgan fingerprint density at radius 3 is 2.58 bits per heavy atom. The van der Waals surface area contributed by atoms with Crippen LogP contribution in [-0.2, 0) is 11.2 Å². The average molecular weight is 278 g/mol. The van der Waals surface area contributed by atoms with Gasteiger partial charge in [-0.3, -0.25) is 9.69 Å². The molecule has 0 bridgehead atoms. The van der Waals surface area contributed by atoms with E-state index in [-0.39, 0.29) is 5.54 Å². The van der Waals surface area contributed by atoms with Crippen molar-refractivity contribution in [3.05, 3.63) is 16.1 Å². The van der Waals surface area contributed by atoms with Crippen molar-refractivity contribution < 1.29 is 4.79 Å². The molecule has 3 nitrogen and oxygen atoms in total. The second-order valence-corrected chi connectivity index (χ2v) is 6.86. The summed E-state index contributed by atoms with van der Waals surface area (Å²) in [4.78, 5) is 19.8. The summed E-state index contributed by atoms with van der Waals surface area (Å²) in [5, 5.41) is 3.03. The van der Waals surface area contributed by atoms with Crippen molar-refractivity contribution >= 4 is 17.1 Å². The van der Waals surface area contributed by atoms with Crippen LogP contribution in [-0.4, -0.2) is 34.3 Å². The van der Waals surface area contributed by atoms with E-state index in [1.165, 1.54) is 25.7 Å². The molecule has 0 unspecified atom stereocenters. The first kappa shape index (κ1) is 13.3. The fourth-order valence-corrected chi connectivity index (χ4v) is 4.43. The Hall–Kier alpha value is -0.740. The largest absolute Gasteiger partial charge is 0.297 e. The average Bonchev–Trinajstić information content (AvgIpc) is 3.09. The van der Waals surface area contributed by atoms with Gasteiger partial charge in [-0.25, -0.2) is 4.98 Å². The Balaban J connectivity index is 1.77. The molecule has 2 heterocycles. The van der Waals surface area contributed by atoms with Crippen LogP contribution < -0.4 is 0 Å². The summed E-state index contributed by atoms with van der Waals surface area (Å²) >= 11 is 1.63. The van der Waals surface area contributed by atoms with E-state index in [2.05, 4.69) is 9.88 Å². The van der Waals surface area contributed by atoms with Gasteiger partial charge in [0, 0.05) is 11.1 Å². The van der Waals surface area contributed by atoms with Gasteiger partial charge in [0.2, 0.25) is 0 Å². The predicted molar refractivity (Wildman–Crippen MR) is 77.6 cm³/mol. The van der Waals surface area contributed by atoms with Gasteiger partial charge in [-0.15, -0.1) is 11.3 Å². The summed E-state index contributed by atoms with van der Waals surface area (Å²) in [5.41, 5.74) is 0.894. The topological polar surface area (TPSA) is 33.2 Å². The maximum atomic E-state index is 12.9. The molecule has 0 radical (unpaired) electrons. The minimum Gasteiger partial charge on any atom is -0.297 e. The van der Waals surface area contributed by atoms with Crippen LogP contribution in [0, 0.1) is 6.92 Å². The first-order chi connectivity index (χ1) is 9.21. The summed E-state index contributed by atoms with van der Waals surface area (Å²) in [6.45, 7) is 4.22. The summed E-state index contributed by atoms with van der Waals surface area (Å²) in [6, 6.07) is 0. The zero-order valence-electron chi connectivity index (χ0n) is 11.7. The number of carbonyl (C=O) groups excluding carboxylic acids is 1. The lowest BCUT2D eigenvalue weighted by molar-refractivity contribution is -0.129. The molecule has 19 heavy (non-hydrogen) atoms. The fourth-order valence-electron chi connectivity index (χ4n) is 3.66. The number of ketones is 1. The summed E-state index contributed by atoms with van der Waals surface area (Å²) in [7, 11) is 0. The normalized spacial score (nSPS) is 23.0. The first-order valence-corrected chi connectivity index (χ1v) is 8.28. The maximum Gasteiger partial charge on any atom is 0.159 e. The fraction of sp³-hybridized carbons (Fsp3) is 0.733. The monoisotopic (exact) mass is 278 g/mol. The summed E-state index contributed by atoms with van der Waals surface area (Å²) in [5.74, 6) is 0.418. The highest BCUT2D eigenvalue weighted by atomic mass is 32.1. The molecule has 1 aromatic heterocycles. The van der Waals surface area contributed by atoms with Crippen molar-refractivity contribution in [3.63, 3.8) is 0 Å². The quantitative estimate of drug-likeness (QED) is 0.849. The zero-order chi connectivity index (χ0) is 13.3. The second kappa shape index (κ2) is 5.33. The van der Waals surface area contributed by atoms with E-state index < -0.39 is 0 Å². The van der Waals surface area contributed by atoms with Crippen LogP contribution >= 0.6 is 11.3 Å². The number of rotatable bonds is 4. The molecule has 2 aliphatic rings. The molecule has 4 heteroatoms. The van der Waals surface area contributed by atoms with Crippen molar-refractivity contribution in [3.8, 4) is 0 Å². The van der Waals surface area contributed by atoms with E-state index >= 15 is 0 Å². The van der Waals surface area contributed by atoms with E-state index in [9.17, 15) is 4.79 Å². The predicted octanol–water partition coefficient (Wildman–Crippen LogP) is 2.97. The number of hydrogen-bond acceptors (Lipinski definition) is 4. The minimum atomic E-state index is -0.143. The molecule has 0 amide bonds. The van der Waals surface area contributed by atoms with Crippen LogP contribution in [0.4, 0.5) is 0 Å². The van der Waals surface area contributed by atoms with Gasteiger partial charge in [-0.2, -0.15) is 0 Å². The van der Waals surface area contributed by atoms with Crippen LogP contribution in [0.2, 0.25) is 0 Å². The van der Waals surface area contributed by atoms with Crippen molar-refractivity contribution in [2.24, 2.45) is 0 Å². The minimum absolute atomic E-state index is 0.143. The molecule has 1 aliphatic carbocycles. The van der Waals surface area contributed by atoms with Crippen molar-refractivity contribution in [1.82, 2.24) is 9.88 Å². The van der Waals surface area contributed by atoms with E-state index in [0.717, 1.165) is 36.6 Å². The number of thiazole rings is 1. The molecule has 3 rings (SSSR count). The molecule has 0 atom stereocenters. The highest BCUT2D eigenvalue weighted by Gasteiger charge is 2.46. The van der Waals surface area contributed by atoms with Gasteiger partial charge < -0.3 is 0 Å². The number of Topliss-reactive ketones (excluding diaryl/α,β-unsaturated/α-hetero) is 1. The molecule has 104 valence electrons. The SMILES string of the molecule is Cc1csc(CC(=O)C2(N3CCCC3)CCCC2)n1. The Morgan fingerprint density at radius 1 is 1.32 bits per heavy atom. The highest BCUT2D eigenvalue weighted by molar-refractivity contribution is 7.09. The number of likely N-dealkylation sites (tertiary alicyclic amines) is 1. The third-order valence-electron chi connectivity index (χ3n) is 4.64. The standard InChI is InChI=1S/C15H22N2OS/c1-12-11-19-14(16-12)10-13(18)15(6-2-3-7-15)17-8-4-5-9-17/h11H,2-10H2,1H3. The van der Waals surface area contributed by atoms with Gasteiger partial charge in [-0.1, -0.05) is 12.8 Å². The maximum absolute atomic E-state index is 12.9. The molecule has 1 saturated heterocycles. The van der Waals surface area contributed by atoms with E-state index in [0.29, 0.717) is 12.2 Å².